The first kappa shape index (κ1) is 21.3. The van der Waals surface area contributed by atoms with Gasteiger partial charge < -0.3 is 20.3 Å². The molecule has 0 spiro atoms. The Balaban J connectivity index is 1.22. The van der Waals surface area contributed by atoms with Crippen molar-refractivity contribution < 1.29 is 9.53 Å². The van der Waals surface area contributed by atoms with Crippen molar-refractivity contribution in [3.05, 3.63) is 20.4 Å². The number of carbonyl (C=O) groups is 1. The van der Waals surface area contributed by atoms with Crippen molar-refractivity contribution in [2.24, 2.45) is 17.8 Å². The van der Waals surface area contributed by atoms with Gasteiger partial charge in [0, 0.05) is 31.6 Å². The maximum absolute atomic E-state index is 12.6. The Morgan fingerprint density at radius 1 is 0.967 bits per heavy atom. The number of rotatable bonds is 6. The van der Waals surface area contributed by atoms with Crippen molar-refractivity contribution in [3.63, 3.8) is 0 Å². The van der Waals surface area contributed by atoms with Crippen LogP contribution in [0.2, 0.25) is 0 Å². The summed E-state index contributed by atoms with van der Waals surface area (Å²) in [5.41, 5.74) is 0.245. The number of amides is 1. The SMILES string of the molecule is CC1CCC(NC(=O)C2CCC(CNc3c(N4CCOCC4)c(=O)c3=O)CC2)CC1. The Bertz CT molecular complexity index is 794. The lowest BCUT2D eigenvalue weighted by Crippen LogP contribution is -2.47. The van der Waals surface area contributed by atoms with Crippen LogP contribution in [0, 0.1) is 17.8 Å². The summed E-state index contributed by atoms with van der Waals surface area (Å²) in [5, 5.41) is 6.54. The molecule has 1 amide bonds. The van der Waals surface area contributed by atoms with Gasteiger partial charge in [0.1, 0.15) is 11.4 Å². The van der Waals surface area contributed by atoms with Gasteiger partial charge in [-0.3, -0.25) is 14.4 Å². The van der Waals surface area contributed by atoms with Crippen LogP contribution in [0.15, 0.2) is 9.59 Å². The molecule has 166 valence electrons. The van der Waals surface area contributed by atoms with Crippen LogP contribution >= 0.6 is 0 Å². The average molecular weight is 418 g/mol. The average Bonchev–Trinajstić information content (AvgIpc) is 2.78. The molecule has 2 saturated carbocycles. The molecule has 0 atom stereocenters. The lowest BCUT2D eigenvalue weighted by atomic mass is 9.81. The zero-order chi connectivity index (χ0) is 21.1. The molecule has 0 radical (unpaired) electrons. The highest BCUT2D eigenvalue weighted by Crippen LogP contribution is 2.31. The van der Waals surface area contributed by atoms with Gasteiger partial charge in [-0.05, 0) is 63.2 Å². The minimum absolute atomic E-state index is 0.121. The Hall–Kier alpha value is -1.89. The van der Waals surface area contributed by atoms with E-state index in [9.17, 15) is 14.4 Å². The third-order valence-corrected chi connectivity index (χ3v) is 7.36. The van der Waals surface area contributed by atoms with Gasteiger partial charge in [-0.2, -0.15) is 0 Å². The normalized spacial score (nSPS) is 30.2. The maximum atomic E-state index is 12.6. The number of hydrogen-bond donors (Lipinski definition) is 2. The number of carbonyl (C=O) groups excluding carboxylic acids is 1. The van der Waals surface area contributed by atoms with Crippen LogP contribution in [0.5, 0.6) is 0 Å². The summed E-state index contributed by atoms with van der Waals surface area (Å²) in [6.45, 7) is 5.46. The molecule has 1 aromatic carbocycles. The topological polar surface area (TPSA) is 87.7 Å². The highest BCUT2D eigenvalue weighted by Gasteiger charge is 2.30. The van der Waals surface area contributed by atoms with Gasteiger partial charge >= 0.3 is 0 Å². The Labute approximate surface area is 178 Å². The first-order chi connectivity index (χ1) is 14.5. The molecule has 1 aromatic rings. The Morgan fingerprint density at radius 2 is 1.63 bits per heavy atom. The van der Waals surface area contributed by atoms with Crippen LogP contribution < -0.4 is 26.4 Å². The third kappa shape index (κ3) is 4.71. The second kappa shape index (κ2) is 9.50. The number of anilines is 2. The molecule has 3 fully saturated rings. The molecule has 30 heavy (non-hydrogen) atoms. The Kier molecular flexibility index (Phi) is 6.76. The van der Waals surface area contributed by atoms with Crippen LogP contribution in [0.1, 0.15) is 58.3 Å². The largest absolute Gasteiger partial charge is 0.380 e. The molecule has 1 heterocycles. The number of morpholine rings is 1. The van der Waals surface area contributed by atoms with Gasteiger partial charge in [-0.1, -0.05) is 6.92 Å². The van der Waals surface area contributed by atoms with Crippen LogP contribution in [0.4, 0.5) is 11.4 Å². The van der Waals surface area contributed by atoms with E-state index in [-0.39, 0.29) is 17.3 Å². The predicted molar refractivity (Wildman–Crippen MR) is 118 cm³/mol. The van der Waals surface area contributed by atoms with E-state index in [0.29, 0.717) is 56.2 Å². The second-order valence-corrected chi connectivity index (χ2v) is 9.55. The standard InChI is InChI=1S/C23H35N3O4/c1-15-2-8-18(9-3-15)25-23(29)17-6-4-16(5-7-17)14-24-19-20(22(28)21(19)27)26-10-12-30-13-11-26/h15-18,24H,2-14H2,1H3,(H,25,29). The van der Waals surface area contributed by atoms with Gasteiger partial charge in [-0.15, -0.1) is 0 Å². The van der Waals surface area contributed by atoms with Crippen LogP contribution in [0.3, 0.4) is 0 Å². The molecule has 0 bridgehead atoms. The monoisotopic (exact) mass is 417 g/mol. The van der Waals surface area contributed by atoms with Crippen molar-refractivity contribution in [3.8, 4) is 0 Å². The molecular weight excluding hydrogens is 382 g/mol. The van der Waals surface area contributed by atoms with E-state index in [1.807, 2.05) is 4.90 Å². The molecule has 1 saturated heterocycles. The molecule has 7 nitrogen and oxygen atoms in total. The zero-order valence-corrected chi connectivity index (χ0v) is 18.1. The zero-order valence-electron chi connectivity index (χ0n) is 18.1. The van der Waals surface area contributed by atoms with Gasteiger partial charge in [0.05, 0.1) is 13.2 Å². The van der Waals surface area contributed by atoms with Crippen LogP contribution in [-0.2, 0) is 9.53 Å². The molecule has 2 N–H and O–H groups in total. The van der Waals surface area contributed by atoms with Crippen molar-refractivity contribution in [1.82, 2.24) is 5.32 Å². The van der Waals surface area contributed by atoms with E-state index in [4.69, 9.17) is 4.74 Å². The molecule has 0 aromatic heterocycles. The van der Waals surface area contributed by atoms with Crippen molar-refractivity contribution >= 4 is 17.3 Å². The highest BCUT2D eigenvalue weighted by atomic mass is 16.5. The van der Waals surface area contributed by atoms with E-state index in [2.05, 4.69) is 17.6 Å². The molecule has 1 aliphatic heterocycles. The molecular formula is C23H35N3O4. The lowest BCUT2D eigenvalue weighted by Gasteiger charge is -2.33. The first-order valence-electron chi connectivity index (χ1n) is 11.7. The van der Waals surface area contributed by atoms with Gasteiger partial charge in [0.2, 0.25) is 5.91 Å². The smallest absolute Gasteiger partial charge is 0.253 e. The number of nitrogens with zero attached hydrogens (tertiary/aromatic N) is 1. The fraction of sp³-hybridized carbons (Fsp3) is 0.783. The predicted octanol–water partition coefficient (Wildman–Crippen LogP) is 2.03. The number of nitrogens with one attached hydrogen (secondary N) is 2. The number of hydrogen-bond acceptors (Lipinski definition) is 6. The summed E-state index contributed by atoms with van der Waals surface area (Å²) >= 11 is 0. The quantitative estimate of drug-likeness (QED) is 0.689. The van der Waals surface area contributed by atoms with Gasteiger partial charge in [-0.25, -0.2) is 0 Å². The number of ether oxygens (including phenoxy) is 1. The van der Waals surface area contributed by atoms with E-state index in [0.717, 1.165) is 44.4 Å². The summed E-state index contributed by atoms with van der Waals surface area (Å²) in [7, 11) is 0. The third-order valence-electron chi connectivity index (χ3n) is 7.36. The van der Waals surface area contributed by atoms with Gasteiger partial charge in [0.15, 0.2) is 0 Å². The van der Waals surface area contributed by atoms with Crippen LogP contribution in [-0.4, -0.2) is 44.8 Å². The van der Waals surface area contributed by atoms with E-state index < -0.39 is 5.43 Å². The second-order valence-electron chi connectivity index (χ2n) is 9.55. The minimum atomic E-state index is -0.397. The van der Waals surface area contributed by atoms with Crippen molar-refractivity contribution in [2.45, 2.75) is 64.3 Å². The lowest BCUT2D eigenvalue weighted by molar-refractivity contribution is -0.127. The molecule has 3 aliphatic rings. The molecule has 2 aliphatic carbocycles. The molecule has 0 unspecified atom stereocenters. The summed E-state index contributed by atoms with van der Waals surface area (Å²) < 4.78 is 5.34. The molecule has 4 rings (SSSR count). The van der Waals surface area contributed by atoms with E-state index in [1.54, 1.807) is 0 Å². The summed E-state index contributed by atoms with van der Waals surface area (Å²) in [5.74, 6) is 1.58. The highest BCUT2D eigenvalue weighted by molar-refractivity contribution is 5.79. The summed E-state index contributed by atoms with van der Waals surface area (Å²) in [4.78, 5) is 38.7. The Morgan fingerprint density at radius 3 is 2.30 bits per heavy atom. The van der Waals surface area contributed by atoms with Gasteiger partial charge in [0.25, 0.3) is 10.9 Å². The minimum Gasteiger partial charge on any atom is -0.380 e. The summed E-state index contributed by atoms with van der Waals surface area (Å²) in [6.07, 6.45) is 8.43. The van der Waals surface area contributed by atoms with Crippen molar-refractivity contribution in [1.29, 1.82) is 0 Å². The van der Waals surface area contributed by atoms with E-state index in [1.165, 1.54) is 12.8 Å². The first-order valence-corrected chi connectivity index (χ1v) is 11.7. The fourth-order valence-corrected chi connectivity index (χ4v) is 5.23. The van der Waals surface area contributed by atoms with Crippen molar-refractivity contribution in [2.75, 3.05) is 43.1 Å². The molecule has 7 heteroatoms. The summed E-state index contributed by atoms with van der Waals surface area (Å²) in [6, 6.07) is 0.362. The van der Waals surface area contributed by atoms with Crippen LogP contribution in [0.25, 0.3) is 0 Å². The van der Waals surface area contributed by atoms with E-state index >= 15 is 0 Å². The fourth-order valence-electron chi connectivity index (χ4n) is 5.23. The maximum Gasteiger partial charge on any atom is 0.253 e.